The number of hydrogen-bond acceptors (Lipinski definition) is 5. The van der Waals surface area contributed by atoms with Crippen LogP contribution >= 0.6 is 0 Å². The lowest BCUT2D eigenvalue weighted by Crippen LogP contribution is -2.34. The summed E-state index contributed by atoms with van der Waals surface area (Å²) in [5, 5.41) is 0. The third-order valence-electron chi connectivity index (χ3n) is 4.30. The Balaban J connectivity index is 1.65. The van der Waals surface area contributed by atoms with Gasteiger partial charge in [0.2, 0.25) is 10.0 Å². The molecule has 2 atom stereocenters. The van der Waals surface area contributed by atoms with Gasteiger partial charge in [-0.3, -0.25) is 4.90 Å². The molecule has 1 aromatic heterocycles. The number of rotatable bonds is 4. The van der Waals surface area contributed by atoms with Gasteiger partial charge in [0.1, 0.15) is 5.76 Å². The maximum absolute atomic E-state index is 12.0. The molecule has 2 saturated heterocycles. The maximum atomic E-state index is 12.0. The topological polar surface area (TPSA) is 63.0 Å². The van der Waals surface area contributed by atoms with E-state index in [0.29, 0.717) is 19.7 Å². The van der Waals surface area contributed by atoms with E-state index < -0.39 is 10.0 Å². The molecule has 1 aromatic rings. The van der Waals surface area contributed by atoms with Crippen LogP contribution in [0.5, 0.6) is 0 Å². The van der Waals surface area contributed by atoms with Gasteiger partial charge in [0.25, 0.3) is 0 Å². The van der Waals surface area contributed by atoms with E-state index in [1.807, 2.05) is 12.1 Å². The van der Waals surface area contributed by atoms with Crippen molar-refractivity contribution in [1.82, 2.24) is 9.21 Å². The summed E-state index contributed by atoms with van der Waals surface area (Å²) in [6.45, 7) is 5.84. The molecule has 6 nitrogen and oxygen atoms in total. The van der Waals surface area contributed by atoms with Crippen molar-refractivity contribution >= 4 is 10.0 Å². The molecule has 0 aliphatic carbocycles. The van der Waals surface area contributed by atoms with Crippen LogP contribution in [0.25, 0.3) is 0 Å². The van der Waals surface area contributed by atoms with Gasteiger partial charge in [-0.2, -0.15) is 4.31 Å². The summed E-state index contributed by atoms with van der Waals surface area (Å²) in [4.78, 5) is 2.28. The van der Waals surface area contributed by atoms with Crippen molar-refractivity contribution in [3.63, 3.8) is 0 Å². The molecule has 0 spiro atoms. The molecule has 2 aliphatic heterocycles. The van der Waals surface area contributed by atoms with E-state index in [2.05, 4.69) is 4.90 Å². The summed E-state index contributed by atoms with van der Waals surface area (Å²) in [5.41, 5.74) is 0. The van der Waals surface area contributed by atoms with E-state index in [1.54, 1.807) is 17.5 Å². The Morgan fingerprint density at radius 2 is 2.19 bits per heavy atom. The highest BCUT2D eigenvalue weighted by atomic mass is 32.2. The molecule has 2 fully saturated rings. The Morgan fingerprint density at radius 3 is 2.90 bits per heavy atom. The van der Waals surface area contributed by atoms with Crippen LogP contribution in [0.15, 0.2) is 22.8 Å². The van der Waals surface area contributed by atoms with E-state index >= 15 is 0 Å². The van der Waals surface area contributed by atoms with Gasteiger partial charge in [0, 0.05) is 32.1 Å². The third kappa shape index (κ3) is 3.31. The lowest BCUT2D eigenvalue weighted by Gasteiger charge is -2.22. The molecule has 7 heteroatoms. The molecule has 118 valence electrons. The zero-order valence-corrected chi connectivity index (χ0v) is 13.1. The fourth-order valence-electron chi connectivity index (χ4n) is 3.10. The molecule has 0 amide bonds. The summed E-state index contributed by atoms with van der Waals surface area (Å²) in [6.07, 6.45) is 1.70. The van der Waals surface area contributed by atoms with Crippen molar-refractivity contribution < 1.29 is 17.6 Å². The molecule has 3 heterocycles. The van der Waals surface area contributed by atoms with Gasteiger partial charge in [-0.25, -0.2) is 8.42 Å². The number of furan rings is 1. The lowest BCUT2D eigenvalue weighted by atomic mass is 10.1. The van der Waals surface area contributed by atoms with E-state index in [1.165, 1.54) is 0 Å². The first-order valence-electron chi connectivity index (χ1n) is 7.42. The number of ether oxygens (including phenoxy) is 1. The Hall–Kier alpha value is -0.890. The first-order valence-corrected chi connectivity index (χ1v) is 9.03. The monoisotopic (exact) mass is 314 g/mol. The van der Waals surface area contributed by atoms with E-state index in [9.17, 15) is 8.42 Å². The summed E-state index contributed by atoms with van der Waals surface area (Å²) < 4.78 is 36.9. The lowest BCUT2D eigenvalue weighted by molar-refractivity contribution is 0.0546. The van der Waals surface area contributed by atoms with Crippen LogP contribution in [0, 0.1) is 5.92 Å². The molecule has 0 radical (unpaired) electrons. The largest absolute Gasteiger partial charge is 0.468 e. The minimum Gasteiger partial charge on any atom is -0.468 e. The SMILES string of the molecule is CCS(=O)(=O)N1C[C@H]2CN(Cc3ccco3)CCO[C@H]2C1. The van der Waals surface area contributed by atoms with Gasteiger partial charge in [-0.05, 0) is 19.1 Å². The zero-order chi connectivity index (χ0) is 14.9. The Kier molecular flexibility index (Phi) is 4.35. The molecule has 2 aliphatic rings. The number of nitrogens with zero attached hydrogens (tertiary/aromatic N) is 2. The first kappa shape index (κ1) is 15.0. The van der Waals surface area contributed by atoms with Gasteiger partial charge in [0.15, 0.2) is 0 Å². The van der Waals surface area contributed by atoms with Crippen LogP contribution in [0.1, 0.15) is 12.7 Å². The van der Waals surface area contributed by atoms with Gasteiger partial charge >= 0.3 is 0 Å². The molecular weight excluding hydrogens is 292 g/mol. The fraction of sp³-hybridized carbons (Fsp3) is 0.714. The van der Waals surface area contributed by atoms with Crippen molar-refractivity contribution in [2.45, 2.75) is 19.6 Å². The second-order valence-corrected chi connectivity index (χ2v) is 7.96. The highest BCUT2D eigenvalue weighted by molar-refractivity contribution is 7.89. The minimum absolute atomic E-state index is 0.0212. The average Bonchev–Trinajstić information content (AvgIpc) is 3.06. The van der Waals surface area contributed by atoms with Crippen molar-refractivity contribution in [2.24, 2.45) is 5.92 Å². The molecule has 0 N–H and O–H groups in total. The minimum atomic E-state index is -3.12. The predicted molar refractivity (Wildman–Crippen MR) is 78.2 cm³/mol. The Bertz CT molecular complexity index is 558. The van der Waals surface area contributed by atoms with E-state index in [0.717, 1.165) is 25.4 Å². The predicted octanol–water partition coefficient (Wildman–Crippen LogP) is 0.762. The molecular formula is C14H22N2O4S. The van der Waals surface area contributed by atoms with Crippen LogP contribution < -0.4 is 0 Å². The molecule has 0 aromatic carbocycles. The van der Waals surface area contributed by atoms with Crippen molar-refractivity contribution in [3.8, 4) is 0 Å². The van der Waals surface area contributed by atoms with Crippen molar-refractivity contribution in [1.29, 1.82) is 0 Å². The fourth-order valence-corrected chi connectivity index (χ4v) is 4.26. The summed E-state index contributed by atoms with van der Waals surface area (Å²) in [7, 11) is -3.12. The van der Waals surface area contributed by atoms with Gasteiger partial charge in [-0.15, -0.1) is 0 Å². The number of hydrogen-bond donors (Lipinski definition) is 0. The van der Waals surface area contributed by atoms with E-state index in [4.69, 9.17) is 9.15 Å². The number of fused-ring (bicyclic) bond motifs is 1. The van der Waals surface area contributed by atoms with Crippen LogP contribution in [0.2, 0.25) is 0 Å². The van der Waals surface area contributed by atoms with Gasteiger partial charge < -0.3 is 9.15 Å². The average molecular weight is 314 g/mol. The molecule has 21 heavy (non-hydrogen) atoms. The molecule has 3 rings (SSSR count). The summed E-state index contributed by atoms with van der Waals surface area (Å²) in [6, 6.07) is 3.85. The van der Waals surface area contributed by atoms with Crippen molar-refractivity contribution in [2.75, 3.05) is 38.5 Å². The Morgan fingerprint density at radius 1 is 1.33 bits per heavy atom. The quantitative estimate of drug-likeness (QED) is 0.821. The van der Waals surface area contributed by atoms with Crippen LogP contribution in [0.3, 0.4) is 0 Å². The van der Waals surface area contributed by atoms with Crippen LogP contribution in [-0.2, 0) is 21.3 Å². The first-order chi connectivity index (χ1) is 10.1. The smallest absolute Gasteiger partial charge is 0.213 e. The van der Waals surface area contributed by atoms with Gasteiger partial charge in [0.05, 0.1) is 31.3 Å². The third-order valence-corrected chi connectivity index (χ3v) is 6.11. The second kappa shape index (κ2) is 6.08. The second-order valence-electron chi connectivity index (χ2n) is 5.70. The molecule has 0 bridgehead atoms. The van der Waals surface area contributed by atoms with Crippen LogP contribution in [0.4, 0.5) is 0 Å². The zero-order valence-electron chi connectivity index (χ0n) is 12.3. The number of sulfonamides is 1. The molecule has 0 saturated carbocycles. The summed E-state index contributed by atoms with van der Waals surface area (Å²) in [5.74, 6) is 1.33. The van der Waals surface area contributed by atoms with Crippen molar-refractivity contribution in [3.05, 3.63) is 24.2 Å². The Labute approximate surface area is 125 Å². The maximum Gasteiger partial charge on any atom is 0.213 e. The highest BCUT2D eigenvalue weighted by Gasteiger charge is 2.40. The summed E-state index contributed by atoms with van der Waals surface area (Å²) >= 11 is 0. The van der Waals surface area contributed by atoms with Gasteiger partial charge in [-0.1, -0.05) is 0 Å². The van der Waals surface area contributed by atoms with Crippen LogP contribution in [-0.4, -0.2) is 62.3 Å². The molecule has 0 unspecified atom stereocenters. The highest BCUT2D eigenvalue weighted by Crippen LogP contribution is 2.26. The van der Waals surface area contributed by atoms with E-state index in [-0.39, 0.29) is 17.8 Å². The standard InChI is InChI=1S/C14H22N2O4S/c1-2-21(17,18)16-9-12-8-15(5-7-20-14(12)11-16)10-13-4-3-6-19-13/h3-4,6,12,14H,2,5,7-11H2,1H3/t12-,14+/m1/s1. The normalized spacial score (nSPS) is 28.4.